The van der Waals surface area contributed by atoms with Crippen LogP contribution in [0.2, 0.25) is 0 Å². The first-order valence-electron chi connectivity index (χ1n) is 6.42. The molecule has 0 unspecified atom stereocenters. The summed E-state index contributed by atoms with van der Waals surface area (Å²) in [5.41, 5.74) is 2.09. The van der Waals surface area contributed by atoms with Crippen molar-refractivity contribution in [2.24, 2.45) is 0 Å². The maximum atomic E-state index is 10.5. The molecule has 2 rings (SSSR count). The van der Waals surface area contributed by atoms with Gasteiger partial charge in [0.1, 0.15) is 5.75 Å². The summed E-state index contributed by atoms with van der Waals surface area (Å²) in [4.78, 5) is 10.1. The Morgan fingerprint density at radius 2 is 1.38 bits per heavy atom. The van der Waals surface area contributed by atoms with E-state index < -0.39 is 4.92 Å². The van der Waals surface area contributed by atoms with Crippen molar-refractivity contribution in [1.29, 1.82) is 0 Å². The van der Waals surface area contributed by atoms with Gasteiger partial charge >= 0.3 is 0 Å². The van der Waals surface area contributed by atoms with Gasteiger partial charge in [-0.25, -0.2) is 0 Å². The Bertz CT molecular complexity index is 655. The molecule has 0 aliphatic carbocycles. The number of ether oxygens (including phenoxy) is 1. The molecule has 2 aromatic rings. The minimum atomic E-state index is -0.406. The average Bonchev–Trinajstić information content (AvgIpc) is 2.52. The SMILES string of the molecule is COc1ccc(C=CC=Cc2ccc([N+](=O)[O-])cc2)cc1. The first-order valence-corrected chi connectivity index (χ1v) is 6.42. The number of nitrogens with zero attached hydrogens (tertiary/aromatic N) is 1. The van der Waals surface area contributed by atoms with Crippen LogP contribution in [0, 0.1) is 10.1 Å². The standard InChI is InChI=1S/C17H15NO3/c1-21-17-12-8-15(9-13-17)5-3-2-4-14-6-10-16(11-7-14)18(19)20/h2-13H,1H3. The van der Waals surface area contributed by atoms with E-state index in [0.29, 0.717) is 0 Å². The van der Waals surface area contributed by atoms with E-state index in [-0.39, 0.29) is 5.69 Å². The molecule has 2 aromatic carbocycles. The number of non-ortho nitro benzene ring substituents is 1. The van der Waals surface area contributed by atoms with E-state index in [4.69, 9.17) is 4.74 Å². The van der Waals surface area contributed by atoms with Gasteiger partial charge in [0.15, 0.2) is 0 Å². The Kier molecular flexibility index (Phi) is 4.88. The molecule has 0 aliphatic heterocycles. The van der Waals surface area contributed by atoms with Gasteiger partial charge in [0.05, 0.1) is 12.0 Å². The van der Waals surface area contributed by atoms with Crippen LogP contribution < -0.4 is 4.74 Å². The Labute approximate surface area is 123 Å². The molecular weight excluding hydrogens is 266 g/mol. The summed E-state index contributed by atoms with van der Waals surface area (Å²) in [6, 6.07) is 14.2. The van der Waals surface area contributed by atoms with E-state index >= 15 is 0 Å². The maximum absolute atomic E-state index is 10.5. The highest BCUT2D eigenvalue weighted by molar-refractivity contribution is 5.58. The van der Waals surface area contributed by atoms with E-state index in [1.54, 1.807) is 19.2 Å². The number of benzene rings is 2. The van der Waals surface area contributed by atoms with Crippen LogP contribution in [-0.4, -0.2) is 12.0 Å². The van der Waals surface area contributed by atoms with Gasteiger partial charge < -0.3 is 4.74 Å². The second kappa shape index (κ2) is 7.05. The van der Waals surface area contributed by atoms with Gasteiger partial charge in [-0.1, -0.05) is 36.4 Å². The summed E-state index contributed by atoms with van der Waals surface area (Å²) in [6.45, 7) is 0. The van der Waals surface area contributed by atoms with Crippen molar-refractivity contribution in [3.05, 3.63) is 81.9 Å². The fourth-order valence-corrected chi connectivity index (χ4v) is 1.76. The van der Waals surface area contributed by atoms with Gasteiger partial charge in [-0.2, -0.15) is 0 Å². The van der Waals surface area contributed by atoms with Crippen LogP contribution in [0.4, 0.5) is 5.69 Å². The number of hydrogen-bond donors (Lipinski definition) is 0. The van der Waals surface area contributed by atoms with Gasteiger partial charge in [-0.15, -0.1) is 0 Å². The first kappa shape index (κ1) is 14.5. The molecular formula is C17H15NO3. The maximum Gasteiger partial charge on any atom is 0.269 e. The van der Waals surface area contributed by atoms with E-state index in [2.05, 4.69) is 0 Å². The molecule has 0 saturated heterocycles. The zero-order chi connectivity index (χ0) is 15.1. The second-order valence-corrected chi connectivity index (χ2v) is 4.34. The van der Waals surface area contributed by atoms with Crippen molar-refractivity contribution in [2.45, 2.75) is 0 Å². The summed E-state index contributed by atoms with van der Waals surface area (Å²) < 4.78 is 5.09. The smallest absolute Gasteiger partial charge is 0.269 e. The lowest BCUT2D eigenvalue weighted by Crippen LogP contribution is -1.86. The molecule has 0 bridgehead atoms. The minimum absolute atomic E-state index is 0.0981. The second-order valence-electron chi connectivity index (χ2n) is 4.34. The average molecular weight is 281 g/mol. The molecule has 0 saturated carbocycles. The molecule has 106 valence electrons. The zero-order valence-corrected chi connectivity index (χ0v) is 11.6. The molecule has 0 atom stereocenters. The minimum Gasteiger partial charge on any atom is -0.497 e. The number of nitro benzene ring substituents is 1. The van der Waals surface area contributed by atoms with Crippen LogP contribution >= 0.6 is 0 Å². The normalized spacial score (nSPS) is 11.1. The molecule has 21 heavy (non-hydrogen) atoms. The molecule has 0 amide bonds. The highest BCUT2D eigenvalue weighted by atomic mass is 16.6. The number of rotatable bonds is 5. The summed E-state index contributed by atoms with van der Waals surface area (Å²) in [7, 11) is 1.64. The van der Waals surface area contributed by atoms with Crippen molar-refractivity contribution < 1.29 is 9.66 Å². The van der Waals surface area contributed by atoms with Crippen LogP contribution in [-0.2, 0) is 0 Å². The largest absolute Gasteiger partial charge is 0.497 e. The predicted molar refractivity (Wildman–Crippen MR) is 84.2 cm³/mol. The molecule has 0 heterocycles. The Morgan fingerprint density at radius 1 is 0.905 bits per heavy atom. The predicted octanol–water partition coefficient (Wildman–Crippen LogP) is 4.33. The highest BCUT2D eigenvalue weighted by Gasteiger charge is 2.01. The summed E-state index contributed by atoms with van der Waals surface area (Å²) in [6.07, 6.45) is 7.68. The number of allylic oxidation sites excluding steroid dienone is 2. The molecule has 0 radical (unpaired) electrons. The van der Waals surface area contributed by atoms with Gasteiger partial charge in [-0.3, -0.25) is 10.1 Å². The van der Waals surface area contributed by atoms with Crippen molar-refractivity contribution in [2.75, 3.05) is 7.11 Å². The lowest BCUT2D eigenvalue weighted by Gasteiger charge is -1.98. The number of hydrogen-bond acceptors (Lipinski definition) is 3. The summed E-state index contributed by atoms with van der Waals surface area (Å²) in [5, 5.41) is 10.5. The number of methoxy groups -OCH3 is 1. The Morgan fingerprint density at radius 3 is 1.81 bits per heavy atom. The third-order valence-electron chi connectivity index (χ3n) is 2.91. The summed E-state index contributed by atoms with van der Waals surface area (Å²) >= 11 is 0. The third-order valence-corrected chi connectivity index (χ3v) is 2.91. The molecule has 0 fully saturated rings. The van der Waals surface area contributed by atoms with E-state index in [1.165, 1.54) is 12.1 Å². The number of nitro groups is 1. The monoisotopic (exact) mass is 281 g/mol. The van der Waals surface area contributed by atoms with E-state index in [1.807, 2.05) is 48.6 Å². The Hall–Kier alpha value is -2.88. The van der Waals surface area contributed by atoms with Crippen LogP contribution in [0.5, 0.6) is 5.75 Å². The van der Waals surface area contributed by atoms with Crippen LogP contribution in [0.25, 0.3) is 12.2 Å². The topological polar surface area (TPSA) is 52.4 Å². The molecule has 0 N–H and O–H groups in total. The van der Waals surface area contributed by atoms with Crippen LogP contribution in [0.15, 0.2) is 60.7 Å². The van der Waals surface area contributed by atoms with Crippen molar-refractivity contribution in [1.82, 2.24) is 0 Å². The van der Waals surface area contributed by atoms with Crippen molar-refractivity contribution >= 4 is 17.8 Å². The molecule has 0 aliphatic rings. The zero-order valence-electron chi connectivity index (χ0n) is 11.6. The highest BCUT2D eigenvalue weighted by Crippen LogP contribution is 2.14. The molecule has 0 aromatic heterocycles. The summed E-state index contributed by atoms with van der Waals surface area (Å²) in [5.74, 6) is 0.827. The van der Waals surface area contributed by atoms with Gasteiger partial charge in [0, 0.05) is 12.1 Å². The molecule has 4 heteroatoms. The first-order chi connectivity index (χ1) is 10.2. The van der Waals surface area contributed by atoms with Crippen molar-refractivity contribution in [3.8, 4) is 5.75 Å². The van der Waals surface area contributed by atoms with Gasteiger partial charge in [-0.05, 0) is 35.4 Å². The fourth-order valence-electron chi connectivity index (χ4n) is 1.76. The van der Waals surface area contributed by atoms with E-state index in [0.717, 1.165) is 16.9 Å². The fraction of sp³-hybridized carbons (Fsp3) is 0.0588. The lowest BCUT2D eigenvalue weighted by molar-refractivity contribution is -0.384. The van der Waals surface area contributed by atoms with Crippen molar-refractivity contribution in [3.63, 3.8) is 0 Å². The third kappa shape index (κ3) is 4.31. The van der Waals surface area contributed by atoms with Gasteiger partial charge in [0.25, 0.3) is 5.69 Å². The van der Waals surface area contributed by atoms with Gasteiger partial charge in [0.2, 0.25) is 0 Å². The Balaban J connectivity index is 1.97. The van der Waals surface area contributed by atoms with Crippen LogP contribution in [0.3, 0.4) is 0 Å². The lowest BCUT2D eigenvalue weighted by atomic mass is 10.1. The van der Waals surface area contributed by atoms with Crippen LogP contribution in [0.1, 0.15) is 11.1 Å². The van der Waals surface area contributed by atoms with E-state index in [9.17, 15) is 10.1 Å². The molecule has 0 spiro atoms. The molecule has 4 nitrogen and oxygen atoms in total. The quantitative estimate of drug-likeness (QED) is 0.465.